The fraction of sp³-hybridized carbons (Fsp3) is 0.125. The highest BCUT2D eigenvalue weighted by Gasteiger charge is 2.17. The SMILES string of the molecule is N#CC[P+](=O)Oc1ccccc1. The minimum Gasteiger partial charge on any atom is -0.254 e. The van der Waals surface area contributed by atoms with E-state index in [2.05, 4.69) is 0 Å². The summed E-state index contributed by atoms with van der Waals surface area (Å²) in [5.74, 6) is 0.536. The molecule has 1 atom stereocenters. The summed E-state index contributed by atoms with van der Waals surface area (Å²) in [6.07, 6.45) is -0.0653. The summed E-state index contributed by atoms with van der Waals surface area (Å²) in [6.45, 7) is 0. The molecule has 0 spiro atoms. The van der Waals surface area contributed by atoms with Gasteiger partial charge in [0, 0.05) is 0 Å². The van der Waals surface area contributed by atoms with E-state index in [-0.39, 0.29) is 6.16 Å². The topological polar surface area (TPSA) is 50.1 Å². The van der Waals surface area contributed by atoms with E-state index in [9.17, 15) is 4.57 Å². The first-order chi connectivity index (χ1) is 5.83. The van der Waals surface area contributed by atoms with Crippen LogP contribution < -0.4 is 4.52 Å². The highest BCUT2D eigenvalue weighted by atomic mass is 31.1. The maximum Gasteiger partial charge on any atom is 0.571 e. The van der Waals surface area contributed by atoms with Crippen molar-refractivity contribution in [2.45, 2.75) is 0 Å². The summed E-state index contributed by atoms with van der Waals surface area (Å²) in [6, 6.07) is 10.6. The molecule has 1 aromatic rings. The first kappa shape index (κ1) is 8.70. The third kappa shape index (κ3) is 2.69. The van der Waals surface area contributed by atoms with Crippen LogP contribution in [-0.2, 0) is 4.57 Å². The Morgan fingerprint density at radius 2 is 2.08 bits per heavy atom. The molecule has 4 heteroatoms. The Labute approximate surface area is 71.5 Å². The van der Waals surface area contributed by atoms with E-state index >= 15 is 0 Å². The van der Waals surface area contributed by atoms with Crippen LogP contribution in [0.1, 0.15) is 0 Å². The summed E-state index contributed by atoms with van der Waals surface area (Å²) in [5, 5.41) is 8.20. The minimum atomic E-state index is -1.87. The Morgan fingerprint density at radius 3 is 2.67 bits per heavy atom. The van der Waals surface area contributed by atoms with Crippen molar-refractivity contribution in [2.75, 3.05) is 6.16 Å². The molecule has 60 valence electrons. The van der Waals surface area contributed by atoms with E-state index in [4.69, 9.17) is 9.79 Å². The predicted octanol–water partition coefficient (Wildman–Crippen LogP) is 2.33. The third-order valence-electron chi connectivity index (χ3n) is 1.15. The van der Waals surface area contributed by atoms with Gasteiger partial charge in [0.25, 0.3) is 6.16 Å². The second-order valence-corrected chi connectivity index (χ2v) is 3.22. The average Bonchev–Trinajstić information content (AvgIpc) is 2.06. The maximum absolute atomic E-state index is 10.9. The van der Waals surface area contributed by atoms with Crippen molar-refractivity contribution in [1.29, 1.82) is 5.26 Å². The summed E-state index contributed by atoms with van der Waals surface area (Å²) in [5.41, 5.74) is 0. The van der Waals surface area contributed by atoms with Gasteiger partial charge in [0.05, 0.1) is 0 Å². The van der Waals surface area contributed by atoms with Gasteiger partial charge in [0.15, 0.2) is 5.75 Å². The number of nitriles is 1. The van der Waals surface area contributed by atoms with Gasteiger partial charge >= 0.3 is 8.03 Å². The summed E-state index contributed by atoms with van der Waals surface area (Å²) < 4.78 is 15.9. The minimum absolute atomic E-state index is 0.0653. The molecular formula is C8H7NO2P+. The third-order valence-corrected chi connectivity index (χ3v) is 1.96. The Balaban J connectivity index is 2.54. The van der Waals surface area contributed by atoms with Gasteiger partial charge in [-0.15, -0.1) is 0 Å². The van der Waals surface area contributed by atoms with Crippen molar-refractivity contribution in [2.24, 2.45) is 0 Å². The van der Waals surface area contributed by atoms with Crippen molar-refractivity contribution in [3.8, 4) is 11.8 Å². The van der Waals surface area contributed by atoms with E-state index in [1.807, 2.05) is 6.07 Å². The number of hydrogen-bond acceptors (Lipinski definition) is 3. The Bertz CT molecular complexity index is 305. The molecule has 1 unspecified atom stereocenters. The van der Waals surface area contributed by atoms with Crippen molar-refractivity contribution >= 4 is 8.03 Å². The van der Waals surface area contributed by atoms with E-state index < -0.39 is 8.03 Å². The van der Waals surface area contributed by atoms with Crippen molar-refractivity contribution in [3.63, 3.8) is 0 Å². The van der Waals surface area contributed by atoms with E-state index in [1.165, 1.54) is 0 Å². The quantitative estimate of drug-likeness (QED) is 0.670. The second kappa shape index (κ2) is 4.48. The predicted molar refractivity (Wildman–Crippen MR) is 45.2 cm³/mol. The van der Waals surface area contributed by atoms with Crippen LogP contribution in [0.4, 0.5) is 0 Å². The molecule has 0 amide bonds. The molecule has 0 aliphatic carbocycles. The largest absolute Gasteiger partial charge is 0.571 e. The fourth-order valence-corrected chi connectivity index (χ4v) is 1.23. The standard InChI is InChI=1S/C8H7NO2P/c9-6-7-12(10)11-8-4-2-1-3-5-8/h1-5H,7H2/q+1. The van der Waals surface area contributed by atoms with Crippen LogP contribution in [0.3, 0.4) is 0 Å². The van der Waals surface area contributed by atoms with Crippen LogP contribution in [-0.4, -0.2) is 6.16 Å². The highest BCUT2D eigenvalue weighted by molar-refractivity contribution is 7.39. The molecule has 12 heavy (non-hydrogen) atoms. The van der Waals surface area contributed by atoms with Gasteiger partial charge in [-0.2, -0.15) is 5.26 Å². The summed E-state index contributed by atoms with van der Waals surface area (Å²) in [4.78, 5) is 0. The molecule has 3 nitrogen and oxygen atoms in total. The van der Waals surface area contributed by atoms with Crippen molar-refractivity contribution < 1.29 is 9.09 Å². The average molecular weight is 180 g/mol. The number of rotatable bonds is 3. The molecule has 1 aromatic carbocycles. The van der Waals surface area contributed by atoms with E-state index in [0.29, 0.717) is 5.75 Å². The molecule has 0 N–H and O–H groups in total. The lowest BCUT2D eigenvalue weighted by atomic mass is 10.3. The molecule has 0 saturated carbocycles. The maximum atomic E-state index is 10.9. The first-order valence-electron chi connectivity index (χ1n) is 3.37. The summed E-state index contributed by atoms with van der Waals surface area (Å²) in [7, 11) is -1.87. The Kier molecular flexibility index (Phi) is 3.25. The lowest BCUT2D eigenvalue weighted by molar-refractivity contribution is 0.508. The highest BCUT2D eigenvalue weighted by Crippen LogP contribution is 2.25. The van der Waals surface area contributed by atoms with Crippen LogP contribution in [0.2, 0.25) is 0 Å². The number of benzene rings is 1. The molecule has 0 bridgehead atoms. The van der Waals surface area contributed by atoms with Crippen LogP contribution in [0.5, 0.6) is 5.75 Å². The lowest BCUT2D eigenvalue weighted by Crippen LogP contribution is -1.82. The van der Waals surface area contributed by atoms with Gasteiger partial charge in [-0.25, -0.2) is 0 Å². The zero-order valence-corrected chi connectivity index (χ0v) is 7.20. The number of nitrogens with zero attached hydrogens (tertiary/aromatic N) is 1. The number of hydrogen-bond donors (Lipinski definition) is 0. The van der Waals surface area contributed by atoms with Crippen molar-refractivity contribution in [1.82, 2.24) is 0 Å². The monoisotopic (exact) mass is 180 g/mol. The van der Waals surface area contributed by atoms with E-state index in [1.54, 1.807) is 30.3 Å². The van der Waals surface area contributed by atoms with Crippen molar-refractivity contribution in [3.05, 3.63) is 30.3 Å². The number of para-hydroxylation sites is 1. The molecule has 0 fully saturated rings. The van der Waals surface area contributed by atoms with Crippen LogP contribution in [0.25, 0.3) is 0 Å². The molecule has 0 saturated heterocycles. The lowest BCUT2D eigenvalue weighted by Gasteiger charge is -1.88. The zero-order valence-electron chi connectivity index (χ0n) is 6.30. The van der Waals surface area contributed by atoms with Crippen LogP contribution in [0, 0.1) is 11.3 Å². The summed E-state index contributed by atoms with van der Waals surface area (Å²) >= 11 is 0. The van der Waals surface area contributed by atoms with Crippen LogP contribution in [0.15, 0.2) is 30.3 Å². The van der Waals surface area contributed by atoms with Gasteiger partial charge in [-0.3, -0.25) is 4.52 Å². The van der Waals surface area contributed by atoms with Gasteiger partial charge in [0.2, 0.25) is 0 Å². The molecule has 0 aliphatic heterocycles. The molecule has 0 aliphatic rings. The Hall–Kier alpha value is -1.39. The first-order valence-corrected chi connectivity index (χ1v) is 4.74. The van der Waals surface area contributed by atoms with Gasteiger partial charge in [-0.1, -0.05) is 18.2 Å². The molecule has 0 radical (unpaired) electrons. The van der Waals surface area contributed by atoms with Gasteiger partial charge < -0.3 is 0 Å². The normalized spacial score (nSPS) is 10.1. The molecule has 0 aromatic heterocycles. The zero-order chi connectivity index (χ0) is 8.81. The molecular weight excluding hydrogens is 173 g/mol. The Morgan fingerprint density at radius 1 is 1.42 bits per heavy atom. The second-order valence-electron chi connectivity index (χ2n) is 2.05. The fourth-order valence-electron chi connectivity index (χ4n) is 0.689. The van der Waals surface area contributed by atoms with E-state index in [0.717, 1.165) is 0 Å². The van der Waals surface area contributed by atoms with Gasteiger partial charge in [-0.05, 0) is 16.7 Å². The smallest absolute Gasteiger partial charge is 0.254 e. The van der Waals surface area contributed by atoms with Gasteiger partial charge in [0.1, 0.15) is 6.07 Å². The van der Waals surface area contributed by atoms with Crippen LogP contribution >= 0.6 is 8.03 Å². The molecule has 0 heterocycles. The molecule has 1 rings (SSSR count).